The van der Waals surface area contributed by atoms with Crippen LogP contribution in [0, 0.1) is 49.0 Å². The largest absolute Gasteiger partial charge is 0.204 e. The lowest BCUT2D eigenvalue weighted by atomic mass is 10.0. The molecule has 6 aromatic rings. The SMILES string of the molecule is Cc1ccc(-c2ccc(C#Cc3cc(F)c(N=C=S)c(F)c3)cc2)cc1.Cc1ccc(C=Cc2ccc(-c3cc(F)c(N=C=S)c(F)c3)cc2)cc1. The molecule has 2 nitrogen and oxygen atoms in total. The molecule has 0 amide bonds. The molecule has 0 radical (unpaired) electrons. The van der Waals surface area contributed by atoms with E-state index >= 15 is 0 Å². The number of isothiocyanates is 2. The van der Waals surface area contributed by atoms with Gasteiger partial charge >= 0.3 is 0 Å². The standard InChI is InChI=1S/C22H13F2NS.C22H15F2NS/c1-15-2-8-18(9-3-15)19-10-6-16(7-11-19)4-5-17-12-20(23)22(25-14-26)21(24)13-17;1-15-2-4-16(5-3-15)6-7-17-8-10-18(11-9-17)19-12-20(23)22(25-14-26)21(24)13-19/h2-3,6-13H,1H3;2-13H,1H3. The highest BCUT2D eigenvalue weighted by Crippen LogP contribution is 2.29. The fraction of sp³-hybridized carbons (Fsp3) is 0.0455. The van der Waals surface area contributed by atoms with Crippen molar-refractivity contribution in [2.75, 3.05) is 0 Å². The van der Waals surface area contributed by atoms with Crippen LogP contribution in [0.4, 0.5) is 28.9 Å². The molecule has 0 fully saturated rings. The molecule has 0 aliphatic carbocycles. The van der Waals surface area contributed by atoms with Gasteiger partial charge in [0, 0.05) is 11.1 Å². The fourth-order valence-corrected chi connectivity index (χ4v) is 5.15. The predicted molar refractivity (Wildman–Crippen MR) is 210 cm³/mol. The summed E-state index contributed by atoms with van der Waals surface area (Å²) in [6.45, 7) is 4.09. The smallest absolute Gasteiger partial charge is 0.153 e. The van der Waals surface area contributed by atoms with Gasteiger partial charge in [0.15, 0.2) is 23.3 Å². The van der Waals surface area contributed by atoms with Gasteiger partial charge < -0.3 is 0 Å². The maximum Gasteiger partial charge on any atom is 0.153 e. The first-order valence-electron chi connectivity index (χ1n) is 15.8. The van der Waals surface area contributed by atoms with Crippen LogP contribution in [0.3, 0.4) is 0 Å². The molecule has 0 N–H and O–H groups in total. The molecular weight excluding hydrogens is 697 g/mol. The van der Waals surface area contributed by atoms with Crippen LogP contribution in [0.1, 0.15) is 33.4 Å². The van der Waals surface area contributed by atoms with E-state index in [9.17, 15) is 17.6 Å². The van der Waals surface area contributed by atoms with Gasteiger partial charge in [0.2, 0.25) is 0 Å². The van der Waals surface area contributed by atoms with Gasteiger partial charge in [-0.05, 0) is 108 Å². The van der Waals surface area contributed by atoms with Crippen LogP contribution in [0.2, 0.25) is 0 Å². The number of aliphatic imine (C=N–C) groups is 2. The molecule has 0 aromatic heterocycles. The van der Waals surface area contributed by atoms with Crippen LogP contribution in [0.15, 0.2) is 131 Å². The van der Waals surface area contributed by atoms with Crippen LogP contribution in [0.25, 0.3) is 34.4 Å². The number of benzene rings is 6. The minimum Gasteiger partial charge on any atom is -0.204 e. The molecule has 0 unspecified atom stereocenters. The molecule has 254 valence electrons. The van der Waals surface area contributed by atoms with Crippen LogP contribution in [-0.2, 0) is 0 Å². The van der Waals surface area contributed by atoms with Crippen molar-refractivity contribution in [1.82, 2.24) is 0 Å². The molecule has 52 heavy (non-hydrogen) atoms. The summed E-state index contributed by atoms with van der Waals surface area (Å²) in [6.07, 6.45) is 4.01. The topological polar surface area (TPSA) is 24.7 Å². The maximum absolute atomic E-state index is 14.0. The van der Waals surface area contributed by atoms with Crippen LogP contribution in [0.5, 0.6) is 0 Å². The Kier molecular flexibility index (Phi) is 12.7. The summed E-state index contributed by atoms with van der Waals surface area (Å²) >= 11 is 8.78. The van der Waals surface area contributed by atoms with E-state index in [0.717, 1.165) is 39.9 Å². The third kappa shape index (κ3) is 10.0. The molecule has 0 aliphatic heterocycles. The average molecular weight is 725 g/mol. The Balaban J connectivity index is 0.000000201. The quantitative estimate of drug-likeness (QED) is 0.0562. The van der Waals surface area contributed by atoms with Crippen molar-refractivity contribution in [2.24, 2.45) is 9.98 Å². The summed E-state index contributed by atoms with van der Waals surface area (Å²) in [6, 6.07) is 36.3. The second kappa shape index (κ2) is 17.7. The van der Waals surface area contributed by atoms with Gasteiger partial charge in [-0.15, -0.1) is 0 Å². The van der Waals surface area contributed by atoms with Gasteiger partial charge in [-0.1, -0.05) is 120 Å². The predicted octanol–water partition coefficient (Wildman–Crippen LogP) is 12.9. The van der Waals surface area contributed by atoms with Gasteiger partial charge in [0.25, 0.3) is 0 Å². The zero-order chi connectivity index (χ0) is 37.0. The molecule has 0 heterocycles. The van der Waals surface area contributed by atoms with Crippen molar-refractivity contribution in [3.05, 3.63) is 178 Å². The van der Waals surface area contributed by atoms with E-state index in [1.807, 2.05) is 84.9 Å². The number of aryl methyl sites for hydroxylation is 2. The highest BCUT2D eigenvalue weighted by Gasteiger charge is 2.12. The van der Waals surface area contributed by atoms with E-state index in [2.05, 4.69) is 94.8 Å². The summed E-state index contributed by atoms with van der Waals surface area (Å²) in [5, 5.41) is 3.94. The van der Waals surface area contributed by atoms with E-state index in [0.29, 0.717) is 11.1 Å². The molecule has 6 aromatic carbocycles. The van der Waals surface area contributed by atoms with Crippen molar-refractivity contribution in [2.45, 2.75) is 13.8 Å². The van der Waals surface area contributed by atoms with Crippen molar-refractivity contribution >= 4 is 58.3 Å². The molecule has 0 bridgehead atoms. The highest BCUT2D eigenvalue weighted by molar-refractivity contribution is 7.78. The Bertz CT molecular complexity index is 2350. The Hall–Kier alpha value is -6.06. The van der Waals surface area contributed by atoms with Crippen LogP contribution < -0.4 is 0 Å². The highest BCUT2D eigenvalue weighted by atomic mass is 32.1. The first kappa shape index (κ1) is 37.2. The van der Waals surface area contributed by atoms with E-state index in [-0.39, 0.29) is 5.56 Å². The van der Waals surface area contributed by atoms with E-state index in [1.165, 1.54) is 23.3 Å². The summed E-state index contributed by atoms with van der Waals surface area (Å²) in [4.78, 5) is 6.79. The molecule has 0 atom stereocenters. The minimum absolute atomic E-state index is 0.228. The maximum atomic E-state index is 14.0. The zero-order valence-electron chi connectivity index (χ0n) is 27.9. The number of hydrogen-bond acceptors (Lipinski definition) is 4. The Morgan fingerprint density at radius 2 is 0.788 bits per heavy atom. The van der Waals surface area contributed by atoms with Gasteiger partial charge in [0.1, 0.15) is 11.4 Å². The number of nitrogens with zero attached hydrogens (tertiary/aromatic N) is 2. The minimum atomic E-state index is -0.818. The summed E-state index contributed by atoms with van der Waals surface area (Å²) in [5.74, 6) is 2.50. The van der Waals surface area contributed by atoms with Gasteiger partial charge in [-0.2, -0.15) is 9.98 Å². The number of thiocarbonyl (C=S) groups is 2. The van der Waals surface area contributed by atoms with Crippen molar-refractivity contribution in [1.29, 1.82) is 0 Å². The number of hydrogen-bond donors (Lipinski definition) is 0. The summed E-state index contributed by atoms with van der Waals surface area (Å²) < 4.78 is 55.5. The lowest BCUT2D eigenvalue weighted by Crippen LogP contribution is -1.87. The third-order valence-corrected chi connectivity index (χ3v) is 7.94. The lowest BCUT2D eigenvalue weighted by Gasteiger charge is -2.05. The fourth-order valence-electron chi connectivity index (χ4n) is 4.97. The molecule has 0 saturated heterocycles. The van der Waals surface area contributed by atoms with Gasteiger partial charge in [-0.3, -0.25) is 0 Å². The monoisotopic (exact) mass is 724 g/mol. The average Bonchev–Trinajstić information content (AvgIpc) is 3.14. The third-order valence-electron chi connectivity index (χ3n) is 7.76. The summed E-state index contributed by atoms with van der Waals surface area (Å²) in [5.41, 5.74) is 8.00. The van der Waals surface area contributed by atoms with Crippen molar-refractivity contribution in [3.8, 4) is 34.1 Å². The van der Waals surface area contributed by atoms with Gasteiger partial charge in [0.05, 0.1) is 10.3 Å². The van der Waals surface area contributed by atoms with E-state index in [4.69, 9.17) is 0 Å². The molecule has 0 spiro atoms. The van der Waals surface area contributed by atoms with Gasteiger partial charge in [-0.25, -0.2) is 17.6 Å². The Morgan fingerprint density at radius 1 is 0.442 bits per heavy atom. The zero-order valence-corrected chi connectivity index (χ0v) is 29.6. The summed E-state index contributed by atoms with van der Waals surface area (Å²) in [7, 11) is 0. The Morgan fingerprint density at radius 3 is 1.25 bits per heavy atom. The second-order valence-electron chi connectivity index (χ2n) is 11.5. The van der Waals surface area contributed by atoms with Crippen molar-refractivity contribution in [3.63, 3.8) is 0 Å². The molecule has 0 saturated carbocycles. The van der Waals surface area contributed by atoms with Crippen LogP contribution >= 0.6 is 24.4 Å². The Labute approximate surface area is 310 Å². The normalized spacial score (nSPS) is 10.3. The van der Waals surface area contributed by atoms with Crippen molar-refractivity contribution < 1.29 is 17.6 Å². The molecular formula is C44H28F4N2S2. The van der Waals surface area contributed by atoms with E-state index in [1.54, 1.807) is 0 Å². The number of halogens is 4. The lowest BCUT2D eigenvalue weighted by molar-refractivity contribution is 0.587. The molecule has 6 rings (SSSR count). The van der Waals surface area contributed by atoms with E-state index < -0.39 is 34.6 Å². The first-order chi connectivity index (χ1) is 25.1. The molecule has 8 heteroatoms. The first-order valence-corrected chi connectivity index (χ1v) is 16.6. The second-order valence-corrected chi connectivity index (χ2v) is 11.9. The molecule has 0 aliphatic rings. The van der Waals surface area contributed by atoms with Crippen LogP contribution in [-0.4, -0.2) is 10.3 Å². The number of rotatable bonds is 6.